The Morgan fingerprint density at radius 2 is 2.27 bits per heavy atom. The number of hydrogen-bond acceptors (Lipinski definition) is 3. The normalized spacial score (nSPS) is 10.3. The molecule has 1 heterocycles. The maximum absolute atomic E-state index is 12.8. The van der Waals surface area contributed by atoms with Crippen molar-refractivity contribution in [2.24, 2.45) is 0 Å². The summed E-state index contributed by atoms with van der Waals surface area (Å²) in [6, 6.07) is 4.16. The Hall–Kier alpha value is -1.55. The van der Waals surface area contributed by atoms with Crippen LogP contribution in [-0.4, -0.2) is 10.8 Å². The van der Waals surface area contributed by atoms with Gasteiger partial charge >= 0.3 is 0 Å². The highest BCUT2D eigenvalue weighted by molar-refractivity contribution is 7.11. The van der Waals surface area contributed by atoms with E-state index in [-0.39, 0.29) is 11.6 Å². The predicted octanol–water partition coefficient (Wildman–Crippen LogP) is 2.82. The van der Waals surface area contributed by atoms with Crippen molar-refractivity contribution in [1.82, 2.24) is 4.98 Å². The van der Waals surface area contributed by atoms with Crippen molar-refractivity contribution in [3.05, 3.63) is 51.7 Å². The predicted molar refractivity (Wildman–Crippen MR) is 56.7 cm³/mol. The van der Waals surface area contributed by atoms with E-state index in [1.165, 1.54) is 35.7 Å². The van der Waals surface area contributed by atoms with Crippen LogP contribution in [0, 0.1) is 12.7 Å². The van der Waals surface area contributed by atoms with Crippen LogP contribution in [0.4, 0.5) is 4.39 Å². The lowest BCUT2D eigenvalue weighted by molar-refractivity contribution is 0.104. The summed E-state index contributed by atoms with van der Waals surface area (Å²) in [4.78, 5) is 16.3. The summed E-state index contributed by atoms with van der Waals surface area (Å²) in [5, 5.41) is 0. The zero-order valence-corrected chi connectivity index (χ0v) is 8.84. The number of aromatic nitrogens is 1. The number of thiazole rings is 1. The molecular weight excluding hydrogens is 213 g/mol. The monoisotopic (exact) mass is 221 g/mol. The highest BCUT2D eigenvalue weighted by Gasteiger charge is 2.13. The molecule has 15 heavy (non-hydrogen) atoms. The van der Waals surface area contributed by atoms with Crippen molar-refractivity contribution < 1.29 is 9.18 Å². The Kier molecular flexibility index (Phi) is 2.60. The van der Waals surface area contributed by atoms with Crippen molar-refractivity contribution in [2.45, 2.75) is 6.92 Å². The number of hydrogen-bond donors (Lipinski definition) is 0. The first-order valence-corrected chi connectivity index (χ1v) is 5.26. The lowest BCUT2D eigenvalue weighted by Gasteiger charge is -2.02. The molecule has 1 aromatic heterocycles. The molecule has 2 nitrogen and oxygen atoms in total. The van der Waals surface area contributed by atoms with Gasteiger partial charge in [0.1, 0.15) is 5.82 Å². The number of carbonyl (C=O) groups is 1. The van der Waals surface area contributed by atoms with Gasteiger partial charge in [-0.25, -0.2) is 4.39 Å². The molecule has 0 bridgehead atoms. The van der Waals surface area contributed by atoms with Crippen molar-refractivity contribution in [3.8, 4) is 0 Å². The van der Waals surface area contributed by atoms with Gasteiger partial charge in [0.05, 0.1) is 10.4 Å². The number of nitrogens with zero attached hydrogens (tertiary/aromatic N) is 1. The third-order valence-electron chi connectivity index (χ3n) is 2.09. The molecule has 4 heteroatoms. The van der Waals surface area contributed by atoms with Gasteiger partial charge in [-0.05, 0) is 30.7 Å². The number of rotatable bonds is 2. The minimum atomic E-state index is -0.326. The summed E-state index contributed by atoms with van der Waals surface area (Å²) in [6.45, 7) is 1.72. The average molecular weight is 221 g/mol. The van der Waals surface area contributed by atoms with Gasteiger partial charge < -0.3 is 0 Å². The molecule has 0 spiro atoms. The van der Waals surface area contributed by atoms with E-state index >= 15 is 0 Å². The number of benzene rings is 1. The molecule has 0 aliphatic rings. The molecule has 0 N–H and O–H groups in total. The van der Waals surface area contributed by atoms with Gasteiger partial charge in [-0.2, -0.15) is 0 Å². The van der Waals surface area contributed by atoms with Crippen molar-refractivity contribution in [3.63, 3.8) is 0 Å². The van der Waals surface area contributed by atoms with Crippen LogP contribution in [0.25, 0.3) is 0 Å². The van der Waals surface area contributed by atoms with Crippen molar-refractivity contribution in [1.29, 1.82) is 0 Å². The molecule has 0 saturated heterocycles. The van der Waals surface area contributed by atoms with E-state index in [0.29, 0.717) is 16.0 Å². The summed E-state index contributed by atoms with van der Waals surface area (Å²) >= 11 is 1.28. The van der Waals surface area contributed by atoms with Crippen molar-refractivity contribution >= 4 is 17.1 Å². The quantitative estimate of drug-likeness (QED) is 0.730. The molecule has 0 atom stereocenters. The van der Waals surface area contributed by atoms with Crippen LogP contribution < -0.4 is 0 Å². The molecule has 0 aliphatic carbocycles. The molecule has 0 radical (unpaired) electrons. The van der Waals surface area contributed by atoms with Crippen LogP contribution in [0.5, 0.6) is 0 Å². The standard InChI is InChI=1S/C11H8FNOS/c1-7-4-8(12)2-3-9(7)11(14)10-5-13-6-15-10/h2-6H,1H3. The van der Waals surface area contributed by atoms with Crippen LogP contribution >= 0.6 is 11.3 Å². The summed E-state index contributed by atoms with van der Waals surface area (Å²) in [7, 11) is 0. The second-order valence-corrected chi connectivity index (χ2v) is 4.04. The third-order valence-corrected chi connectivity index (χ3v) is 2.86. The summed E-state index contributed by atoms with van der Waals surface area (Å²) in [5.41, 5.74) is 2.78. The smallest absolute Gasteiger partial charge is 0.204 e. The molecule has 0 amide bonds. The van der Waals surface area contributed by atoms with Gasteiger partial charge in [0.2, 0.25) is 5.78 Å². The number of aryl methyl sites for hydroxylation is 1. The van der Waals surface area contributed by atoms with E-state index in [1.807, 2.05) is 0 Å². The molecule has 1 aromatic carbocycles. The van der Waals surface area contributed by atoms with Crippen LogP contribution in [0.3, 0.4) is 0 Å². The Labute approximate surface area is 90.4 Å². The van der Waals surface area contributed by atoms with Crippen molar-refractivity contribution in [2.75, 3.05) is 0 Å². The number of carbonyl (C=O) groups excluding carboxylic acids is 1. The molecule has 0 saturated carbocycles. The number of ketones is 1. The molecule has 0 fully saturated rings. The largest absolute Gasteiger partial charge is 0.288 e. The fraction of sp³-hybridized carbons (Fsp3) is 0.0909. The molecule has 0 unspecified atom stereocenters. The van der Waals surface area contributed by atoms with E-state index < -0.39 is 0 Å². The van der Waals surface area contributed by atoms with Gasteiger partial charge in [-0.3, -0.25) is 9.78 Å². The highest BCUT2D eigenvalue weighted by atomic mass is 32.1. The fourth-order valence-corrected chi connectivity index (χ4v) is 1.92. The topological polar surface area (TPSA) is 30.0 Å². The lowest BCUT2D eigenvalue weighted by Crippen LogP contribution is -2.01. The Balaban J connectivity index is 2.42. The van der Waals surface area contributed by atoms with Crippen LogP contribution in [-0.2, 0) is 0 Å². The van der Waals surface area contributed by atoms with Gasteiger partial charge in [0.25, 0.3) is 0 Å². The summed E-state index contributed by atoms with van der Waals surface area (Å²) in [5.74, 6) is -0.427. The minimum Gasteiger partial charge on any atom is -0.288 e. The molecular formula is C11H8FNOS. The average Bonchev–Trinajstić information content (AvgIpc) is 2.69. The van der Waals surface area contributed by atoms with Crippen LogP contribution in [0.2, 0.25) is 0 Å². The van der Waals surface area contributed by atoms with E-state index in [0.717, 1.165) is 0 Å². The van der Waals surface area contributed by atoms with E-state index in [2.05, 4.69) is 4.98 Å². The maximum atomic E-state index is 12.8. The first-order chi connectivity index (χ1) is 7.18. The molecule has 0 aliphatic heterocycles. The zero-order chi connectivity index (χ0) is 10.8. The zero-order valence-electron chi connectivity index (χ0n) is 8.03. The van der Waals surface area contributed by atoms with Crippen LogP contribution in [0.1, 0.15) is 20.8 Å². The first-order valence-electron chi connectivity index (χ1n) is 4.38. The highest BCUT2D eigenvalue weighted by Crippen LogP contribution is 2.17. The summed E-state index contributed by atoms with van der Waals surface area (Å²) < 4.78 is 12.8. The maximum Gasteiger partial charge on any atom is 0.204 e. The van der Waals surface area contributed by atoms with Gasteiger partial charge in [0.15, 0.2) is 0 Å². The second kappa shape index (κ2) is 3.90. The number of halogens is 1. The van der Waals surface area contributed by atoms with E-state index in [4.69, 9.17) is 0 Å². The Morgan fingerprint density at radius 3 is 2.87 bits per heavy atom. The van der Waals surface area contributed by atoms with Gasteiger partial charge in [0, 0.05) is 11.8 Å². The van der Waals surface area contributed by atoms with E-state index in [9.17, 15) is 9.18 Å². The second-order valence-electron chi connectivity index (χ2n) is 3.15. The first kappa shape index (κ1) is 9.98. The van der Waals surface area contributed by atoms with Gasteiger partial charge in [-0.1, -0.05) is 0 Å². The molecule has 2 rings (SSSR count). The SMILES string of the molecule is Cc1cc(F)ccc1C(=O)c1cncs1. The minimum absolute atomic E-state index is 0.102. The Morgan fingerprint density at radius 1 is 1.47 bits per heavy atom. The molecule has 2 aromatic rings. The van der Waals surface area contributed by atoms with E-state index in [1.54, 1.807) is 12.4 Å². The fourth-order valence-electron chi connectivity index (χ4n) is 1.34. The summed E-state index contributed by atoms with van der Waals surface area (Å²) in [6.07, 6.45) is 1.52. The third kappa shape index (κ3) is 1.94. The molecule has 76 valence electrons. The van der Waals surface area contributed by atoms with Gasteiger partial charge in [-0.15, -0.1) is 11.3 Å². The lowest BCUT2D eigenvalue weighted by atomic mass is 10.0. The van der Waals surface area contributed by atoms with Crippen LogP contribution in [0.15, 0.2) is 29.9 Å². The Bertz CT molecular complexity index is 493.